The molecule has 5 nitrogen and oxygen atoms in total. The van der Waals surface area contributed by atoms with E-state index in [4.69, 9.17) is 9.72 Å². The molecule has 0 fully saturated rings. The minimum absolute atomic E-state index is 0.0142. The second kappa shape index (κ2) is 11.0. The lowest BCUT2D eigenvalue weighted by atomic mass is 9.88. The topological polar surface area (TPSA) is 44.9 Å². The highest BCUT2D eigenvalue weighted by molar-refractivity contribution is 6.16. The Hall–Kier alpha value is -5.68. The van der Waals surface area contributed by atoms with Crippen molar-refractivity contribution >= 4 is 32.8 Å². The van der Waals surface area contributed by atoms with E-state index in [1.807, 2.05) is 42.9 Å². The number of rotatable bonds is 5. The smallest absolute Gasteiger partial charge is 0.137 e. The van der Waals surface area contributed by atoms with Gasteiger partial charge in [-0.1, -0.05) is 75.4 Å². The van der Waals surface area contributed by atoms with Crippen LogP contribution in [0.1, 0.15) is 37.5 Å². The number of ether oxygens (including phenoxy) is 1. The SMILES string of the molecule is Cc1cccc(C)c1-c1cc(Oc2cccc(-n3cnc4ccccc43)c2)cc2c1c1ccccc1n2-c1cc(C(C)(C)C)ccn1. The quantitative estimate of drug-likeness (QED) is 0.194. The number of fused-ring (bicyclic) bond motifs is 4. The van der Waals surface area contributed by atoms with Crippen LogP contribution in [-0.4, -0.2) is 19.1 Å². The average Bonchev–Trinajstić information content (AvgIpc) is 3.64. The molecule has 5 heteroatoms. The number of aromatic nitrogens is 4. The van der Waals surface area contributed by atoms with E-state index in [0.29, 0.717) is 0 Å². The zero-order chi connectivity index (χ0) is 32.3. The van der Waals surface area contributed by atoms with Crippen molar-refractivity contribution in [3.05, 3.63) is 144 Å². The highest BCUT2D eigenvalue weighted by Crippen LogP contribution is 2.44. The van der Waals surface area contributed by atoms with E-state index >= 15 is 0 Å². The van der Waals surface area contributed by atoms with E-state index in [0.717, 1.165) is 50.6 Å². The lowest BCUT2D eigenvalue weighted by Gasteiger charge is -2.20. The maximum atomic E-state index is 6.78. The molecular formula is C42H36N4O. The van der Waals surface area contributed by atoms with Crippen LogP contribution in [-0.2, 0) is 5.41 Å². The molecule has 0 bridgehead atoms. The van der Waals surface area contributed by atoms with Gasteiger partial charge in [0.15, 0.2) is 0 Å². The van der Waals surface area contributed by atoms with Gasteiger partial charge in [0.1, 0.15) is 23.6 Å². The Morgan fingerprint density at radius 3 is 2.19 bits per heavy atom. The number of hydrogen-bond acceptors (Lipinski definition) is 3. The van der Waals surface area contributed by atoms with E-state index in [1.54, 1.807) is 0 Å². The second-order valence-electron chi connectivity index (χ2n) is 13.3. The number of para-hydroxylation sites is 3. The van der Waals surface area contributed by atoms with Gasteiger partial charge < -0.3 is 4.74 Å². The van der Waals surface area contributed by atoms with E-state index in [-0.39, 0.29) is 5.41 Å². The molecule has 47 heavy (non-hydrogen) atoms. The Morgan fingerprint density at radius 2 is 1.38 bits per heavy atom. The molecule has 0 N–H and O–H groups in total. The average molecular weight is 613 g/mol. The summed E-state index contributed by atoms with van der Waals surface area (Å²) in [4.78, 5) is 9.52. The van der Waals surface area contributed by atoms with Crippen LogP contribution >= 0.6 is 0 Å². The predicted molar refractivity (Wildman–Crippen MR) is 193 cm³/mol. The third-order valence-corrected chi connectivity index (χ3v) is 9.12. The molecule has 230 valence electrons. The maximum absolute atomic E-state index is 6.78. The van der Waals surface area contributed by atoms with Gasteiger partial charge in [0, 0.05) is 29.1 Å². The fourth-order valence-electron chi connectivity index (χ4n) is 6.82. The molecule has 3 aromatic heterocycles. The lowest BCUT2D eigenvalue weighted by Crippen LogP contribution is -2.12. The molecular weight excluding hydrogens is 576 g/mol. The minimum Gasteiger partial charge on any atom is -0.457 e. The van der Waals surface area contributed by atoms with Crippen molar-refractivity contribution in [2.75, 3.05) is 0 Å². The molecule has 8 aromatic rings. The second-order valence-corrected chi connectivity index (χ2v) is 13.3. The Bertz CT molecular complexity index is 2440. The largest absolute Gasteiger partial charge is 0.457 e. The van der Waals surface area contributed by atoms with Crippen LogP contribution < -0.4 is 4.74 Å². The molecule has 0 spiro atoms. The molecule has 3 heterocycles. The maximum Gasteiger partial charge on any atom is 0.137 e. The predicted octanol–water partition coefficient (Wildman–Crippen LogP) is 10.9. The number of benzene rings is 5. The molecule has 8 rings (SSSR count). The van der Waals surface area contributed by atoms with Gasteiger partial charge in [-0.15, -0.1) is 0 Å². The van der Waals surface area contributed by atoms with Crippen molar-refractivity contribution < 1.29 is 4.74 Å². The Kier molecular flexibility index (Phi) is 6.73. The third-order valence-electron chi connectivity index (χ3n) is 9.12. The van der Waals surface area contributed by atoms with Gasteiger partial charge in [0.25, 0.3) is 0 Å². The molecule has 0 atom stereocenters. The Labute approximate surface area is 274 Å². The van der Waals surface area contributed by atoms with Crippen molar-refractivity contribution in [3.63, 3.8) is 0 Å². The Morgan fingerprint density at radius 1 is 0.638 bits per heavy atom. The van der Waals surface area contributed by atoms with E-state index in [2.05, 4.69) is 134 Å². The summed E-state index contributed by atoms with van der Waals surface area (Å²) in [6.45, 7) is 11.1. The Balaban J connectivity index is 1.37. The van der Waals surface area contributed by atoms with Gasteiger partial charge in [-0.25, -0.2) is 9.97 Å². The fourth-order valence-corrected chi connectivity index (χ4v) is 6.82. The molecule has 0 amide bonds. The summed E-state index contributed by atoms with van der Waals surface area (Å²) in [5.74, 6) is 2.41. The summed E-state index contributed by atoms with van der Waals surface area (Å²) in [5.41, 5.74) is 11.2. The number of aryl methyl sites for hydroxylation is 2. The molecule has 0 unspecified atom stereocenters. The first-order valence-corrected chi connectivity index (χ1v) is 16.1. The van der Waals surface area contributed by atoms with E-state index in [9.17, 15) is 0 Å². The molecule has 0 radical (unpaired) electrons. The van der Waals surface area contributed by atoms with Gasteiger partial charge in [0.2, 0.25) is 0 Å². The molecule has 0 saturated carbocycles. The summed E-state index contributed by atoms with van der Waals surface area (Å²) >= 11 is 0. The zero-order valence-corrected chi connectivity index (χ0v) is 27.3. The number of imidazole rings is 1. The molecule has 0 aliphatic heterocycles. The van der Waals surface area contributed by atoms with E-state index < -0.39 is 0 Å². The molecule has 0 aliphatic rings. The summed E-state index contributed by atoms with van der Waals surface area (Å²) in [5, 5.41) is 2.37. The van der Waals surface area contributed by atoms with Crippen molar-refractivity contribution in [1.82, 2.24) is 19.1 Å². The summed E-state index contributed by atoms with van der Waals surface area (Å²) in [6, 6.07) is 40.2. The lowest BCUT2D eigenvalue weighted by molar-refractivity contribution is 0.483. The van der Waals surface area contributed by atoms with E-state index in [1.165, 1.54) is 33.0 Å². The van der Waals surface area contributed by atoms with Gasteiger partial charge in [-0.2, -0.15) is 0 Å². The van der Waals surface area contributed by atoms with Gasteiger partial charge in [-0.05, 0) is 95.6 Å². The number of hydrogen-bond donors (Lipinski definition) is 0. The van der Waals surface area contributed by atoms with Crippen LogP contribution in [0.5, 0.6) is 11.5 Å². The zero-order valence-electron chi connectivity index (χ0n) is 27.3. The van der Waals surface area contributed by atoms with Crippen LogP contribution in [0.2, 0.25) is 0 Å². The normalized spacial score (nSPS) is 11.9. The van der Waals surface area contributed by atoms with Crippen LogP contribution in [0.15, 0.2) is 128 Å². The highest BCUT2D eigenvalue weighted by Gasteiger charge is 2.22. The van der Waals surface area contributed by atoms with Gasteiger partial charge in [0.05, 0.1) is 27.8 Å². The van der Waals surface area contributed by atoms with Crippen LogP contribution in [0.3, 0.4) is 0 Å². The summed E-state index contributed by atoms with van der Waals surface area (Å²) in [6.07, 6.45) is 3.79. The van der Waals surface area contributed by atoms with Crippen molar-refractivity contribution in [2.45, 2.75) is 40.0 Å². The minimum atomic E-state index is -0.0142. The highest BCUT2D eigenvalue weighted by atomic mass is 16.5. The fraction of sp³-hybridized carbons (Fsp3) is 0.143. The standard InChI is InChI=1S/C42H36N4O/c1-27-12-10-13-28(2)40(27)34-24-32(47-31-15-11-14-30(23-31)45-26-44-35-17-7-9-19-37(35)45)25-38-41(34)33-16-6-8-18-36(33)46(38)39-22-29(20-21-43-39)42(3,4)5/h6-26H,1-5H3. The molecule has 5 aromatic carbocycles. The monoisotopic (exact) mass is 612 g/mol. The third kappa shape index (κ3) is 4.95. The van der Waals surface area contributed by atoms with Crippen LogP contribution in [0.25, 0.3) is 55.5 Å². The van der Waals surface area contributed by atoms with Gasteiger partial charge in [-0.3, -0.25) is 9.13 Å². The van der Waals surface area contributed by atoms with Gasteiger partial charge >= 0.3 is 0 Å². The molecule has 0 saturated heterocycles. The van der Waals surface area contributed by atoms with Crippen molar-refractivity contribution in [1.29, 1.82) is 0 Å². The first-order valence-electron chi connectivity index (χ1n) is 16.1. The summed E-state index contributed by atoms with van der Waals surface area (Å²) < 4.78 is 11.2. The number of pyridine rings is 1. The van der Waals surface area contributed by atoms with Crippen molar-refractivity contribution in [3.8, 4) is 34.1 Å². The first-order chi connectivity index (χ1) is 22.8. The number of nitrogens with zero attached hydrogens (tertiary/aromatic N) is 4. The van der Waals surface area contributed by atoms with Crippen LogP contribution in [0.4, 0.5) is 0 Å². The summed E-state index contributed by atoms with van der Waals surface area (Å²) in [7, 11) is 0. The molecule has 0 aliphatic carbocycles. The first kappa shape index (κ1) is 28.8. The van der Waals surface area contributed by atoms with Crippen molar-refractivity contribution in [2.24, 2.45) is 0 Å². The van der Waals surface area contributed by atoms with Crippen LogP contribution in [0, 0.1) is 13.8 Å².